The highest BCUT2D eigenvalue weighted by Crippen LogP contribution is 2.64. The van der Waals surface area contributed by atoms with Crippen LogP contribution in [0.4, 0.5) is 0 Å². The van der Waals surface area contributed by atoms with E-state index in [1.54, 1.807) is 0 Å². The van der Waals surface area contributed by atoms with E-state index >= 15 is 0 Å². The maximum atomic E-state index is 2.49. The molecule has 5 aromatic carbocycles. The second-order valence-electron chi connectivity index (χ2n) is 11.9. The fraction of sp³-hybridized carbons (Fsp3) is 0.190. The van der Waals surface area contributed by atoms with Crippen molar-refractivity contribution in [2.24, 2.45) is 0 Å². The third-order valence-corrected chi connectivity index (χ3v) is 9.62. The minimum Gasteiger partial charge on any atom is -0.0788 e. The van der Waals surface area contributed by atoms with Crippen LogP contribution in [0.15, 0.2) is 139 Å². The summed E-state index contributed by atoms with van der Waals surface area (Å²) in [5.41, 5.74) is 17.2. The van der Waals surface area contributed by atoms with Gasteiger partial charge in [-0.25, -0.2) is 0 Å². The van der Waals surface area contributed by atoms with E-state index in [4.69, 9.17) is 0 Å². The summed E-state index contributed by atoms with van der Waals surface area (Å²) in [7, 11) is 0. The second-order valence-corrected chi connectivity index (χ2v) is 11.9. The minimum absolute atomic E-state index is 0.129. The lowest BCUT2D eigenvalue weighted by Gasteiger charge is -2.31. The average Bonchev–Trinajstić information content (AvgIpc) is 3.62. The lowest BCUT2D eigenvalue weighted by Crippen LogP contribution is -2.26. The Labute approximate surface area is 251 Å². The van der Waals surface area contributed by atoms with Gasteiger partial charge in [0.15, 0.2) is 0 Å². The van der Waals surface area contributed by atoms with E-state index in [-0.39, 0.29) is 10.8 Å². The smallest absolute Gasteiger partial charge is 0.0722 e. The molecule has 0 amide bonds. The predicted octanol–water partition coefficient (Wildman–Crippen LogP) is 11.1. The van der Waals surface area contributed by atoms with Crippen LogP contribution < -0.4 is 0 Å². The van der Waals surface area contributed by atoms with Gasteiger partial charge in [0, 0.05) is 5.41 Å². The zero-order valence-corrected chi connectivity index (χ0v) is 25.1. The van der Waals surface area contributed by atoms with Gasteiger partial charge in [0.25, 0.3) is 0 Å². The standard InChI is InChI=1S/C25H18.C15H14.C2H6/c1-5-13-21-17(9-1)18-10-2-6-14-22(18)25(21)23-15-7-3-11-19(23)20-12-4-8-16-24(20)25;1-15(2)13-9-5-3-7-11(13)12-8-4-6-10-14(12)15;1-2/h1-3,5-7,9-16H,4,8H2;3-10H,1-2H3;1-2H3. The summed E-state index contributed by atoms with van der Waals surface area (Å²) < 4.78 is 0. The molecule has 0 bridgehead atoms. The number of hydrogen-bond donors (Lipinski definition) is 0. The zero-order valence-electron chi connectivity index (χ0n) is 25.1. The van der Waals surface area contributed by atoms with Gasteiger partial charge in [-0.2, -0.15) is 0 Å². The van der Waals surface area contributed by atoms with Gasteiger partial charge in [-0.15, -0.1) is 0 Å². The molecular formula is C42H38. The van der Waals surface area contributed by atoms with Crippen LogP contribution in [-0.4, -0.2) is 0 Å². The zero-order chi connectivity index (χ0) is 28.9. The summed E-state index contributed by atoms with van der Waals surface area (Å²) >= 11 is 0. The van der Waals surface area contributed by atoms with Crippen molar-refractivity contribution < 1.29 is 0 Å². The fourth-order valence-corrected chi connectivity index (χ4v) is 7.96. The van der Waals surface area contributed by atoms with Crippen molar-refractivity contribution in [3.63, 3.8) is 0 Å². The van der Waals surface area contributed by atoms with Crippen LogP contribution in [-0.2, 0) is 10.8 Å². The van der Waals surface area contributed by atoms with Crippen molar-refractivity contribution in [3.05, 3.63) is 172 Å². The Bertz CT molecular complexity index is 1780. The molecule has 0 saturated heterocycles. The summed E-state index contributed by atoms with van der Waals surface area (Å²) in [6, 6.07) is 44.4. The number of rotatable bonds is 0. The topological polar surface area (TPSA) is 0 Å². The van der Waals surface area contributed by atoms with Crippen molar-refractivity contribution in [1.82, 2.24) is 0 Å². The van der Waals surface area contributed by atoms with Crippen molar-refractivity contribution in [3.8, 4) is 22.3 Å². The molecule has 5 aromatic rings. The first kappa shape index (κ1) is 26.5. The quantitative estimate of drug-likeness (QED) is 0.183. The van der Waals surface area contributed by atoms with E-state index in [1.807, 2.05) is 13.8 Å². The Morgan fingerprint density at radius 3 is 1.21 bits per heavy atom. The Morgan fingerprint density at radius 2 is 0.738 bits per heavy atom. The van der Waals surface area contributed by atoms with Gasteiger partial charge in [0.1, 0.15) is 0 Å². The fourth-order valence-electron chi connectivity index (χ4n) is 7.96. The molecule has 9 rings (SSSR count). The molecule has 0 nitrogen and oxygen atoms in total. The van der Waals surface area contributed by atoms with E-state index < -0.39 is 0 Å². The predicted molar refractivity (Wildman–Crippen MR) is 179 cm³/mol. The molecule has 1 spiro atoms. The SMILES string of the molecule is C1=C2C(=CCC1)C1(c3ccccc32)c2ccccc2-c2ccccc21.CC.CC1(C)c2ccccc2-c2ccccc21. The van der Waals surface area contributed by atoms with Gasteiger partial charge in [0.2, 0.25) is 0 Å². The number of benzene rings is 5. The molecule has 0 N–H and O–H groups in total. The van der Waals surface area contributed by atoms with Gasteiger partial charge < -0.3 is 0 Å². The number of hydrogen-bond acceptors (Lipinski definition) is 0. The molecule has 0 heterocycles. The Kier molecular flexibility index (Phi) is 6.39. The molecule has 0 heteroatoms. The number of fused-ring (bicyclic) bond motifs is 13. The highest BCUT2D eigenvalue weighted by Gasteiger charge is 2.53. The van der Waals surface area contributed by atoms with E-state index in [0.717, 1.165) is 12.8 Å². The largest absolute Gasteiger partial charge is 0.0788 e. The molecule has 0 atom stereocenters. The summed E-state index contributed by atoms with van der Waals surface area (Å²) in [6.45, 7) is 8.61. The first-order chi connectivity index (χ1) is 20.6. The molecule has 4 aliphatic rings. The third-order valence-electron chi connectivity index (χ3n) is 9.62. The van der Waals surface area contributed by atoms with E-state index in [1.165, 1.54) is 66.8 Å². The average molecular weight is 543 g/mol. The Hall–Kier alpha value is -4.42. The van der Waals surface area contributed by atoms with Crippen LogP contribution in [0.5, 0.6) is 0 Å². The van der Waals surface area contributed by atoms with Gasteiger partial charge in [-0.05, 0) is 79.6 Å². The molecule has 0 unspecified atom stereocenters. The molecule has 4 aliphatic carbocycles. The van der Waals surface area contributed by atoms with Crippen LogP contribution in [0.25, 0.3) is 27.8 Å². The van der Waals surface area contributed by atoms with E-state index in [9.17, 15) is 0 Å². The van der Waals surface area contributed by atoms with Crippen molar-refractivity contribution in [1.29, 1.82) is 0 Å². The van der Waals surface area contributed by atoms with Gasteiger partial charge >= 0.3 is 0 Å². The van der Waals surface area contributed by atoms with Crippen LogP contribution in [0.2, 0.25) is 0 Å². The van der Waals surface area contributed by atoms with E-state index in [2.05, 4.69) is 147 Å². The third kappa shape index (κ3) is 3.54. The molecule has 206 valence electrons. The normalized spacial score (nSPS) is 16.6. The Morgan fingerprint density at radius 1 is 0.405 bits per heavy atom. The van der Waals surface area contributed by atoms with Gasteiger partial charge in [0.05, 0.1) is 5.41 Å². The molecule has 0 fully saturated rings. The maximum Gasteiger partial charge on any atom is 0.0722 e. The molecule has 0 aromatic heterocycles. The number of allylic oxidation sites excluding steroid dienone is 4. The van der Waals surface area contributed by atoms with Crippen LogP contribution >= 0.6 is 0 Å². The first-order valence-electron chi connectivity index (χ1n) is 15.5. The summed E-state index contributed by atoms with van der Waals surface area (Å²) in [5, 5.41) is 0. The molecule has 0 aliphatic heterocycles. The van der Waals surface area contributed by atoms with Crippen molar-refractivity contribution >= 4 is 5.57 Å². The van der Waals surface area contributed by atoms with Gasteiger partial charge in [-0.3, -0.25) is 0 Å². The molecular weight excluding hydrogens is 504 g/mol. The second kappa shape index (κ2) is 10.1. The summed E-state index contributed by atoms with van der Waals surface area (Å²) in [4.78, 5) is 0. The minimum atomic E-state index is -0.129. The summed E-state index contributed by atoms with van der Waals surface area (Å²) in [6.07, 6.45) is 7.23. The molecule has 0 saturated carbocycles. The first-order valence-corrected chi connectivity index (χ1v) is 15.5. The highest BCUT2D eigenvalue weighted by molar-refractivity contribution is 6.00. The highest BCUT2D eigenvalue weighted by atomic mass is 14.5. The van der Waals surface area contributed by atoms with Gasteiger partial charge in [-0.1, -0.05) is 161 Å². The lowest BCUT2D eigenvalue weighted by molar-refractivity contribution is 0.660. The van der Waals surface area contributed by atoms with Crippen molar-refractivity contribution in [2.45, 2.75) is 51.4 Å². The van der Waals surface area contributed by atoms with Crippen LogP contribution in [0.1, 0.15) is 73.9 Å². The maximum absolute atomic E-state index is 2.49. The summed E-state index contributed by atoms with van der Waals surface area (Å²) in [5.74, 6) is 0. The Balaban J connectivity index is 0.000000145. The molecule has 42 heavy (non-hydrogen) atoms. The van der Waals surface area contributed by atoms with Crippen LogP contribution in [0.3, 0.4) is 0 Å². The van der Waals surface area contributed by atoms with Crippen LogP contribution in [0, 0.1) is 0 Å². The lowest BCUT2D eigenvalue weighted by atomic mass is 9.69. The van der Waals surface area contributed by atoms with E-state index in [0.29, 0.717) is 0 Å². The monoisotopic (exact) mass is 542 g/mol. The van der Waals surface area contributed by atoms with Crippen molar-refractivity contribution in [2.75, 3.05) is 0 Å². The molecule has 0 radical (unpaired) electrons.